The van der Waals surface area contributed by atoms with Crippen molar-refractivity contribution in [3.63, 3.8) is 0 Å². The van der Waals surface area contributed by atoms with E-state index in [1.807, 2.05) is 12.1 Å². The van der Waals surface area contributed by atoms with Gasteiger partial charge in [0.1, 0.15) is 0 Å². The van der Waals surface area contributed by atoms with Crippen LogP contribution in [-0.4, -0.2) is 35.6 Å². The number of nitrogens with one attached hydrogen (secondary N) is 1. The molecule has 4 nitrogen and oxygen atoms in total. The molecule has 106 valence electrons. The Morgan fingerprint density at radius 2 is 2.05 bits per heavy atom. The lowest BCUT2D eigenvalue weighted by Crippen LogP contribution is -2.53. The Morgan fingerprint density at radius 3 is 2.85 bits per heavy atom. The van der Waals surface area contributed by atoms with E-state index in [-0.39, 0.29) is 0 Å². The molecular weight excluding hydrogens is 248 g/mol. The van der Waals surface area contributed by atoms with E-state index < -0.39 is 0 Å². The van der Waals surface area contributed by atoms with E-state index in [9.17, 15) is 0 Å². The molecule has 1 aromatic heterocycles. The Hall–Kier alpha value is -1.68. The van der Waals surface area contributed by atoms with E-state index in [1.54, 1.807) is 0 Å². The van der Waals surface area contributed by atoms with E-state index in [0.717, 1.165) is 42.2 Å². The average molecular weight is 270 g/mol. The van der Waals surface area contributed by atoms with Crippen LogP contribution < -0.4 is 10.2 Å². The second-order valence-electron chi connectivity index (χ2n) is 5.88. The van der Waals surface area contributed by atoms with E-state index >= 15 is 0 Å². The minimum Gasteiger partial charge on any atom is -0.338 e. The zero-order valence-electron chi connectivity index (χ0n) is 12.4. The zero-order valence-corrected chi connectivity index (χ0v) is 12.4. The third-order valence-corrected chi connectivity index (χ3v) is 4.07. The van der Waals surface area contributed by atoms with Gasteiger partial charge in [0.05, 0.1) is 11.2 Å². The van der Waals surface area contributed by atoms with E-state index in [4.69, 9.17) is 9.97 Å². The van der Waals surface area contributed by atoms with Crippen LogP contribution in [0.3, 0.4) is 0 Å². The molecule has 1 saturated heterocycles. The van der Waals surface area contributed by atoms with E-state index in [2.05, 4.69) is 43.1 Å². The summed E-state index contributed by atoms with van der Waals surface area (Å²) >= 11 is 0. The molecule has 2 heterocycles. The van der Waals surface area contributed by atoms with Crippen LogP contribution in [-0.2, 0) is 0 Å². The third kappa shape index (κ3) is 2.48. The van der Waals surface area contributed by atoms with Crippen LogP contribution in [0, 0.1) is 12.8 Å². The summed E-state index contributed by atoms with van der Waals surface area (Å²) in [7, 11) is 0. The summed E-state index contributed by atoms with van der Waals surface area (Å²) in [4.78, 5) is 11.8. The molecule has 0 amide bonds. The minimum atomic E-state index is 0.513. The first-order chi connectivity index (χ1) is 9.65. The van der Waals surface area contributed by atoms with Gasteiger partial charge in [-0.3, -0.25) is 0 Å². The van der Waals surface area contributed by atoms with Crippen molar-refractivity contribution < 1.29 is 0 Å². The summed E-state index contributed by atoms with van der Waals surface area (Å²) in [6.45, 7) is 9.53. The second kappa shape index (κ2) is 5.37. The number of aryl methyl sites for hydroxylation is 1. The lowest BCUT2D eigenvalue weighted by Gasteiger charge is -2.35. The maximum absolute atomic E-state index is 4.74. The van der Waals surface area contributed by atoms with Gasteiger partial charge in [-0.05, 0) is 18.9 Å². The number of para-hydroxylation sites is 1. The van der Waals surface area contributed by atoms with Gasteiger partial charge in [-0.1, -0.05) is 32.0 Å². The molecule has 1 aliphatic rings. The van der Waals surface area contributed by atoms with Crippen molar-refractivity contribution in [2.75, 3.05) is 24.5 Å². The Kier molecular flexibility index (Phi) is 3.57. The van der Waals surface area contributed by atoms with Crippen LogP contribution in [0.2, 0.25) is 0 Å². The smallest absolute Gasteiger partial charge is 0.226 e. The van der Waals surface area contributed by atoms with Crippen LogP contribution in [0.1, 0.15) is 19.5 Å². The SMILES string of the molecule is Cc1nc(N2CCNC(C(C)C)C2)nc2ccccc12. The van der Waals surface area contributed by atoms with E-state index in [0.29, 0.717) is 12.0 Å². The molecular formula is C16H22N4. The topological polar surface area (TPSA) is 41.1 Å². The third-order valence-electron chi connectivity index (χ3n) is 4.07. The Morgan fingerprint density at radius 1 is 1.25 bits per heavy atom. The number of aromatic nitrogens is 2. The Balaban J connectivity index is 1.93. The standard InChI is InChI=1S/C16H22N4/c1-11(2)15-10-20(9-8-17-15)16-18-12(3)13-6-4-5-7-14(13)19-16/h4-7,11,15,17H,8-10H2,1-3H3. The number of rotatable bonds is 2. The number of hydrogen-bond acceptors (Lipinski definition) is 4. The monoisotopic (exact) mass is 270 g/mol. The molecule has 1 N–H and O–H groups in total. The van der Waals surface area contributed by atoms with Crippen molar-refractivity contribution in [2.24, 2.45) is 5.92 Å². The average Bonchev–Trinajstić information content (AvgIpc) is 2.47. The molecule has 1 aromatic carbocycles. The summed E-state index contributed by atoms with van der Waals surface area (Å²) < 4.78 is 0. The van der Waals surface area contributed by atoms with Gasteiger partial charge in [0.15, 0.2) is 0 Å². The molecule has 4 heteroatoms. The summed E-state index contributed by atoms with van der Waals surface area (Å²) in [6, 6.07) is 8.74. The van der Waals surface area contributed by atoms with Crippen molar-refractivity contribution in [3.05, 3.63) is 30.0 Å². The predicted molar refractivity (Wildman–Crippen MR) is 83.1 cm³/mol. The molecule has 0 bridgehead atoms. The first kappa shape index (κ1) is 13.3. The largest absolute Gasteiger partial charge is 0.338 e. The number of fused-ring (bicyclic) bond motifs is 1. The van der Waals surface area contributed by atoms with Crippen molar-refractivity contribution in [2.45, 2.75) is 26.8 Å². The highest BCUT2D eigenvalue weighted by Gasteiger charge is 2.23. The first-order valence-electron chi connectivity index (χ1n) is 7.37. The molecule has 1 unspecified atom stereocenters. The van der Waals surface area contributed by atoms with Crippen LogP contribution in [0.15, 0.2) is 24.3 Å². The highest BCUT2D eigenvalue weighted by molar-refractivity contribution is 5.81. The maximum atomic E-state index is 4.74. The molecule has 0 radical (unpaired) electrons. The van der Waals surface area contributed by atoms with E-state index in [1.165, 1.54) is 0 Å². The Bertz CT molecular complexity index is 608. The van der Waals surface area contributed by atoms with Crippen molar-refractivity contribution in [1.29, 1.82) is 0 Å². The number of benzene rings is 1. The summed E-state index contributed by atoms with van der Waals surface area (Å²) in [5.41, 5.74) is 2.10. The van der Waals surface area contributed by atoms with Crippen LogP contribution in [0.5, 0.6) is 0 Å². The lowest BCUT2D eigenvalue weighted by atomic mass is 10.0. The summed E-state index contributed by atoms with van der Waals surface area (Å²) in [6.07, 6.45) is 0. The molecule has 1 atom stereocenters. The fraction of sp³-hybridized carbons (Fsp3) is 0.500. The van der Waals surface area contributed by atoms with Gasteiger partial charge in [-0.2, -0.15) is 0 Å². The number of piperazine rings is 1. The normalized spacial score (nSPS) is 19.8. The predicted octanol–water partition coefficient (Wildman–Crippen LogP) is 2.37. The molecule has 2 aromatic rings. The van der Waals surface area contributed by atoms with Crippen molar-refractivity contribution in [1.82, 2.24) is 15.3 Å². The molecule has 0 saturated carbocycles. The Labute approximate surface area is 120 Å². The first-order valence-corrected chi connectivity index (χ1v) is 7.37. The molecule has 20 heavy (non-hydrogen) atoms. The number of nitrogens with zero attached hydrogens (tertiary/aromatic N) is 3. The number of anilines is 1. The van der Waals surface area contributed by atoms with Gasteiger partial charge >= 0.3 is 0 Å². The molecule has 1 fully saturated rings. The van der Waals surface area contributed by atoms with Gasteiger partial charge in [-0.25, -0.2) is 9.97 Å². The maximum Gasteiger partial charge on any atom is 0.226 e. The van der Waals surface area contributed by atoms with Crippen LogP contribution >= 0.6 is 0 Å². The minimum absolute atomic E-state index is 0.513. The fourth-order valence-electron chi connectivity index (χ4n) is 2.77. The molecule has 3 rings (SSSR count). The highest BCUT2D eigenvalue weighted by Crippen LogP contribution is 2.20. The fourth-order valence-corrected chi connectivity index (χ4v) is 2.77. The van der Waals surface area contributed by atoms with Crippen molar-refractivity contribution in [3.8, 4) is 0 Å². The molecule has 0 spiro atoms. The van der Waals surface area contributed by atoms with Crippen molar-refractivity contribution >= 4 is 16.9 Å². The highest BCUT2D eigenvalue weighted by atomic mass is 15.3. The second-order valence-corrected chi connectivity index (χ2v) is 5.88. The quantitative estimate of drug-likeness (QED) is 0.909. The van der Waals surface area contributed by atoms with Gasteiger partial charge in [-0.15, -0.1) is 0 Å². The van der Waals surface area contributed by atoms with Gasteiger partial charge in [0.2, 0.25) is 5.95 Å². The molecule has 1 aliphatic heterocycles. The van der Waals surface area contributed by atoms with Gasteiger partial charge in [0.25, 0.3) is 0 Å². The van der Waals surface area contributed by atoms with Crippen LogP contribution in [0.4, 0.5) is 5.95 Å². The molecule has 0 aliphatic carbocycles. The van der Waals surface area contributed by atoms with Crippen LogP contribution in [0.25, 0.3) is 10.9 Å². The van der Waals surface area contributed by atoms with Gasteiger partial charge in [0, 0.05) is 31.1 Å². The summed E-state index contributed by atoms with van der Waals surface area (Å²) in [5, 5.41) is 4.72. The number of hydrogen-bond donors (Lipinski definition) is 1. The zero-order chi connectivity index (χ0) is 14.1. The lowest BCUT2D eigenvalue weighted by molar-refractivity contribution is 0.366. The summed E-state index contributed by atoms with van der Waals surface area (Å²) in [5.74, 6) is 1.49. The van der Waals surface area contributed by atoms with Gasteiger partial charge < -0.3 is 10.2 Å².